The second-order valence-corrected chi connectivity index (χ2v) is 7.75. The Morgan fingerprint density at radius 2 is 1.31 bits per heavy atom. The van der Waals surface area contributed by atoms with Crippen molar-refractivity contribution in [2.75, 3.05) is 74.8 Å². The van der Waals surface area contributed by atoms with Crippen LogP contribution in [0, 0.1) is 0 Å². The van der Waals surface area contributed by atoms with Crippen LogP contribution in [0.1, 0.15) is 5.56 Å². The largest absolute Gasteiger partial charge is 0.378 e. The van der Waals surface area contributed by atoms with E-state index in [4.69, 9.17) is 18.9 Å². The van der Waals surface area contributed by atoms with Gasteiger partial charge in [0, 0.05) is 28.5 Å². The molecule has 7 heteroatoms. The quantitative estimate of drug-likeness (QED) is 0.250. The standard InChI is InChI=1S/C13H19NO2.C6H12I2O2/c1-2-4-13(5-3-1)12-14-6-8-15-10-11-16-9-7-14;7-1-3-9-5-6-10-4-2-8/h1-5H,6-12H2;1-6H2. The van der Waals surface area contributed by atoms with Gasteiger partial charge in [-0.15, -0.1) is 0 Å². The molecule has 1 fully saturated rings. The van der Waals surface area contributed by atoms with E-state index >= 15 is 0 Å². The number of alkyl halides is 2. The van der Waals surface area contributed by atoms with Crippen LogP contribution >= 0.6 is 45.2 Å². The van der Waals surface area contributed by atoms with Gasteiger partial charge < -0.3 is 18.9 Å². The molecule has 26 heavy (non-hydrogen) atoms. The second kappa shape index (κ2) is 18.8. The summed E-state index contributed by atoms with van der Waals surface area (Å²) in [5.74, 6) is 0. The zero-order chi connectivity index (χ0) is 18.7. The van der Waals surface area contributed by atoms with E-state index in [-0.39, 0.29) is 0 Å². The lowest BCUT2D eigenvalue weighted by Gasteiger charge is -2.20. The Labute approximate surface area is 185 Å². The number of rotatable bonds is 9. The molecule has 0 bridgehead atoms. The fourth-order valence-corrected chi connectivity index (χ4v) is 2.87. The van der Waals surface area contributed by atoms with Crippen LogP contribution in [-0.2, 0) is 25.5 Å². The molecule has 2 rings (SSSR count). The van der Waals surface area contributed by atoms with E-state index in [1.165, 1.54) is 5.56 Å². The predicted octanol–water partition coefficient (Wildman–Crippen LogP) is 3.43. The van der Waals surface area contributed by atoms with Crippen molar-refractivity contribution in [3.63, 3.8) is 0 Å². The molecule has 1 saturated heterocycles. The third-order valence-corrected chi connectivity index (χ3v) is 4.42. The van der Waals surface area contributed by atoms with Crippen LogP contribution < -0.4 is 0 Å². The topological polar surface area (TPSA) is 40.2 Å². The number of halogens is 2. The molecule has 0 unspecified atom stereocenters. The minimum atomic E-state index is 0.721. The molecule has 0 aromatic heterocycles. The van der Waals surface area contributed by atoms with Gasteiger partial charge in [-0.05, 0) is 5.56 Å². The molecule has 0 atom stereocenters. The first-order valence-electron chi connectivity index (χ1n) is 9.06. The Hall–Kier alpha value is 0.480. The summed E-state index contributed by atoms with van der Waals surface area (Å²) in [4.78, 5) is 2.38. The average molecular weight is 591 g/mol. The highest BCUT2D eigenvalue weighted by atomic mass is 127. The Bertz CT molecular complexity index is 394. The van der Waals surface area contributed by atoms with Gasteiger partial charge in [0.15, 0.2) is 0 Å². The van der Waals surface area contributed by atoms with Crippen molar-refractivity contribution in [2.24, 2.45) is 0 Å². The highest BCUT2D eigenvalue weighted by molar-refractivity contribution is 14.1. The molecule has 150 valence electrons. The first-order chi connectivity index (χ1) is 12.9. The van der Waals surface area contributed by atoms with Crippen LogP contribution in [0.4, 0.5) is 0 Å². The Morgan fingerprint density at radius 1 is 0.769 bits per heavy atom. The highest BCUT2D eigenvalue weighted by Gasteiger charge is 2.07. The van der Waals surface area contributed by atoms with E-state index in [1.807, 2.05) is 6.07 Å². The summed E-state index contributed by atoms with van der Waals surface area (Å²) in [5, 5.41) is 0. The summed E-state index contributed by atoms with van der Waals surface area (Å²) in [6, 6.07) is 10.5. The molecule has 0 N–H and O–H groups in total. The van der Waals surface area contributed by atoms with Gasteiger partial charge in [0.2, 0.25) is 0 Å². The number of benzene rings is 1. The minimum Gasteiger partial charge on any atom is -0.378 e. The number of ether oxygens (including phenoxy) is 4. The van der Waals surface area contributed by atoms with Gasteiger partial charge in [-0.25, -0.2) is 0 Å². The molecule has 0 amide bonds. The van der Waals surface area contributed by atoms with E-state index in [0.717, 1.165) is 81.3 Å². The fraction of sp³-hybridized carbons (Fsp3) is 0.684. The maximum Gasteiger partial charge on any atom is 0.0701 e. The fourth-order valence-electron chi connectivity index (χ4n) is 2.25. The van der Waals surface area contributed by atoms with Gasteiger partial charge in [0.1, 0.15) is 0 Å². The molecule has 0 radical (unpaired) electrons. The minimum absolute atomic E-state index is 0.721. The van der Waals surface area contributed by atoms with E-state index in [2.05, 4.69) is 74.3 Å². The first-order valence-corrected chi connectivity index (χ1v) is 12.1. The van der Waals surface area contributed by atoms with Crippen molar-refractivity contribution < 1.29 is 18.9 Å². The van der Waals surface area contributed by atoms with Gasteiger partial charge in [-0.3, -0.25) is 4.90 Å². The van der Waals surface area contributed by atoms with Crippen LogP contribution in [0.5, 0.6) is 0 Å². The van der Waals surface area contributed by atoms with Gasteiger partial charge in [-0.1, -0.05) is 75.5 Å². The maximum absolute atomic E-state index is 5.46. The summed E-state index contributed by atoms with van der Waals surface area (Å²) in [6.45, 7) is 9.15. The van der Waals surface area contributed by atoms with Crippen LogP contribution in [-0.4, -0.2) is 79.7 Å². The third kappa shape index (κ3) is 14.5. The predicted molar refractivity (Wildman–Crippen MR) is 123 cm³/mol. The summed E-state index contributed by atoms with van der Waals surface area (Å²) in [5.41, 5.74) is 1.35. The Kier molecular flexibility index (Phi) is 17.8. The van der Waals surface area contributed by atoms with Crippen LogP contribution in [0.2, 0.25) is 0 Å². The lowest BCUT2D eigenvalue weighted by atomic mass is 10.2. The lowest BCUT2D eigenvalue weighted by molar-refractivity contribution is 0.0617. The molecule has 1 aromatic rings. The van der Waals surface area contributed by atoms with Crippen molar-refractivity contribution in [3.8, 4) is 0 Å². The van der Waals surface area contributed by atoms with Crippen LogP contribution in [0.25, 0.3) is 0 Å². The molecule has 1 aliphatic heterocycles. The average Bonchev–Trinajstić information content (AvgIpc) is 2.80. The Balaban J connectivity index is 0.000000294. The summed E-state index contributed by atoms with van der Waals surface area (Å²) in [7, 11) is 0. The van der Waals surface area contributed by atoms with Crippen molar-refractivity contribution in [1.82, 2.24) is 4.90 Å². The molecular weight excluding hydrogens is 560 g/mol. The van der Waals surface area contributed by atoms with Gasteiger partial charge in [0.05, 0.1) is 52.9 Å². The summed E-state index contributed by atoms with van der Waals surface area (Å²) in [6.07, 6.45) is 0. The third-order valence-electron chi connectivity index (χ3n) is 3.54. The molecule has 0 saturated carbocycles. The summed E-state index contributed by atoms with van der Waals surface area (Å²) >= 11 is 4.58. The van der Waals surface area contributed by atoms with Gasteiger partial charge in [-0.2, -0.15) is 0 Å². The van der Waals surface area contributed by atoms with Gasteiger partial charge in [0.25, 0.3) is 0 Å². The normalized spacial score (nSPS) is 16.1. The smallest absolute Gasteiger partial charge is 0.0701 e. The van der Waals surface area contributed by atoms with Crippen molar-refractivity contribution in [1.29, 1.82) is 0 Å². The summed E-state index contributed by atoms with van der Waals surface area (Å²) < 4.78 is 23.4. The Morgan fingerprint density at radius 3 is 1.81 bits per heavy atom. The van der Waals surface area contributed by atoms with E-state index in [9.17, 15) is 0 Å². The van der Waals surface area contributed by atoms with E-state index < -0.39 is 0 Å². The number of hydrogen-bond acceptors (Lipinski definition) is 5. The van der Waals surface area contributed by atoms with Crippen molar-refractivity contribution in [2.45, 2.75) is 6.54 Å². The van der Waals surface area contributed by atoms with Crippen molar-refractivity contribution in [3.05, 3.63) is 35.9 Å². The molecule has 1 aromatic carbocycles. The monoisotopic (exact) mass is 591 g/mol. The SMILES string of the molecule is ICCOCCOCCI.c1ccc(CN2CCOCCOCC2)cc1. The van der Waals surface area contributed by atoms with Crippen LogP contribution in [0.3, 0.4) is 0 Å². The lowest BCUT2D eigenvalue weighted by Crippen LogP contribution is -2.29. The second-order valence-electron chi connectivity index (χ2n) is 5.59. The highest BCUT2D eigenvalue weighted by Crippen LogP contribution is 2.04. The molecule has 0 spiro atoms. The first kappa shape index (κ1) is 24.5. The van der Waals surface area contributed by atoms with E-state index in [0.29, 0.717) is 0 Å². The van der Waals surface area contributed by atoms with Crippen LogP contribution in [0.15, 0.2) is 30.3 Å². The van der Waals surface area contributed by atoms with Crippen molar-refractivity contribution >= 4 is 45.2 Å². The zero-order valence-electron chi connectivity index (χ0n) is 15.4. The molecule has 0 aliphatic carbocycles. The number of hydrogen-bond donors (Lipinski definition) is 0. The van der Waals surface area contributed by atoms with E-state index in [1.54, 1.807) is 0 Å². The molecular formula is C19H31I2NO4. The number of nitrogens with zero attached hydrogens (tertiary/aromatic N) is 1. The maximum atomic E-state index is 5.46. The van der Waals surface area contributed by atoms with Gasteiger partial charge >= 0.3 is 0 Å². The zero-order valence-corrected chi connectivity index (χ0v) is 19.7. The molecule has 5 nitrogen and oxygen atoms in total. The molecule has 1 heterocycles. The molecule has 1 aliphatic rings.